The van der Waals surface area contributed by atoms with E-state index in [-0.39, 0.29) is 23.4 Å². The van der Waals surface area contributed by atoms with Crippen LogP contribution in [0.25, 0.3) is 6.08 Å². The summed E-state index contributed by atoms with van der Waals surface area (Å²) in [6.07, 6.45) is 3.17. The summed E-state index contributed by atoms with van der Waals surface area (Å²) in [5.41, 5.74) is 4.00. The molecule has 0 saturated heterocycles. The van der Waals surface area contributed by atoms with Crippen molar-refractivity contribution in [3.63, 3.8) is 0 Å². The number of carbonyl (C=O) groups is 1. The van der Waals surface area contributed by atoms with Crippen molar-refractivity contribution in [1.29, 1.82) is 0 Å². The fraction of sp³-hybridized carbons (Fsp3) is 0.375. The van der Waals surface area contributed by atoms with Crippen LogP contribution in [-0.4, -0.2) is 24.5 Å². The molecule has 2 N–H and O–H groups in total. The van der Waals surface area contributed by atoms with Crippen LogP contribution < -0.4 is 10.1 Å². The summed E-state index contributed by atoms with van der Waals surface area (Å²) in [6.45, 7) is 10.7. The number of ether oxygens (including phenoxy) is 1. The van der Waals surface area contributed by atoms with Gasteiger partial charge in [-0.25, -0.2) is 0 Å². The number of anilines is 1. The van der Waals surface area contributed by atoms with Crippen molar-refractivity contribution >= 4 is 17.5 Å². The van der Waals surface area contributed by atoms with E-state index >= 15 is 0 Å². The van der Waals surface area contributed by atoms with Gasteiger partial charge >= 0.3 is 0 Å². The summed E-state index contributed by atoms with van der Waals surface area (Å²) in [5.74, 6) is 1.10. The molecule has 0 aromatic heterocycles. The Hall–Kier alpha value is -2.75. The van der Waals surface area contributed by atoms with E-state index in [0.717, 1.165) is 16.8 Å². The summed E-state index contributed by atoms with van der Waals surface area (Å²) in [5, 5.41) is 13.9. The molecule has 4 heteroatoms. The minimum atomic E-state index is -0.120. The van der Waals surface area contributed by atoms with Gasteiger partial charge < -0.3 is 15.2 Å². The molecule has 2 rings (SSSR count). The molecule has 0 unspecified atom stereocenters. The van der Waals surface area contributed by atoms with Crippen LogP contribution in [0.5, 0.6) is 11.5 Å². The van der Waals surface area contributed by atoms with Gasteiger partial charge in [-0.2, -0.15) is 0 Å². The average Bonchev–Trinajstić information content (AvgIpc) is 2.67. The SMILES string of the molecule is CCOc1c(C(C)C)cc(C(C)C)c(O)c1/C=C/C(=O)c1ccc(NC)cc1. The first-order chi connectivity index (χ1) is 13.3. The highest BCUT2D eigenvalue weighted by atomic mass is 16.5. The van der Waals surface area contributed by atoms with Crippen LogP contribution in [0.1, 0.15) is 73.5 Å². The standard InChI is InChI=1S/C24H31NO3/c1-7-28-24-19(23(27)20(15(2)3)14-21(24)16(4)5)12-13-22(26)17-8-10-18(25-6)11-9-17/h8-16,25,27H,7H2,1-6H3/b13-12+. The van der Waals surface area contributed by atoms with Gasteiger partial charge in [-0.15, -0.1) is 0 Å². The van der Waals surface area contributed by atoms with Crippen molar-refractivity contribution in [1.82, 2.24) is 0 Å². The lowest BCUT2D eigenvalue weighted by Gasteiger charge is -2.21. The minimum absolute atomic E-state index is 0.120. The van der Waals surface area contributed by atoms with Gasteiger partial charge in [0.1, 0.15) is 11.5 Å². The molecule has 0 aliphatic carbocycles. The highest BCUT2D eigenvalue weighted by Gasteiger charge is 2.20. The van der Waals surface area contributed by atoms with Gasteiger partial charge in [-0.05, 0) is 72.4 Å². The number of hydrogen-bond donors (Lipinski definition) is 2. The molecule has 0 radical (unpaired) electrons. The quantitative estimate of drug-likeness (QED) is 0.436. The molecule has 0 saturated carbocycles. The summed E-state index contributed by atoms with van der Waals surface area (Å²) in [7, 11) is 1.84. The topological polar surface area (TPSA) is 58.6 Å². The highest BCUT2D eigenvalue weighted by molar-refractivity contribution is 6.07. The van der Waals surface area contributed by atoms with Crippen LogP contribution >= 0.6 is 0 Å². The summed E-state index contributed by atoms with van der Waals surface area (Å²) in [6, 6.07) is 9.31. The maximum Gasteiger partial charge on any atom is 0.185 e. The van der Waals surface area contributed by atoms with Gasteiger partial charge in [0.15, 0.2) is 5.78 Å². The lowest BCUT2D eigenvalue weighted by atomic mass is 9.90. The molecule has 0 aliphatic rings. The molecular formula is C24H31NO3. The third-order valence-electron chi connectivity index (χ3n) is 4.74. The predicted molar refractivity (Wildman–Crippen MR) is 117 cm³/mol. The number of allylic oxidation sites excluding steroid dienone is 1. The number of phenolic OH excluding ortho intramolecular Hbond substituents is 1. The Morgan fingerprint density at radius 2 is 1.71 bits per heavy atom. The molecule has 2 aromatic rings. The summed E-state index contributed by atoms with van der Waals surface area (Å²) in [4.78, 5) is 12.6. The highest BCUT2D eigenvalue weighted by Crippen LogP contribution is 2.42. The number of rotatable bonds is 8. The van der Waals surface area contributed by atoms with Gasteiger partial charge in [0.25, 0.3) is 0 Å². The van der Waals surface area contributed by atoms with Crippen molar-refractivity contribution in [3.05, 3.63) is 58.7 Å². The van der Waals surface area contributed by atoms with Crippen molar-refractivity contribution in [2.45, 2.75) is 46.5 Å². The predicted octanol–water partition coefficient (Wildman–Crippen LogP) is 5.98. The summed E-state index contributed by atoms with van der Waals surface area (Å²) >= 11 is 0. The zero-order valence-corrected chi connectivity index (χ0v) is 17.7. The summed E-state index contributed by atoms with van der Waals surface area (Å²) < 4.78 is 5.88. The first-order valence-corrected chi connectivity index (χ1v) is 9.82. The van der Waals surface area contributed by atoms with Crippen LogP contribution in [0.4, 0.5) is 5.69 Å². The van der Waals surface area contributed by atoms with E-state index in [2.05, 4.69) is 19.2 Å². The third-order valence-corrected chi connectivity index (χ3v) is 4.74. The van der Waals surface area contributed by atoms with E-state index in [0.29, 0.717) is 23.5 Å². The normalized spacial score (nSPS) is 11.4. The van der Waals surface area contributed by atoms with Gasteiger partial charge in [0.2, 0.25) is 0 Å². The Bertz CT molecular complexity index is 849. The van der Waals surface area contributed by atoms with Crippen LogP contribution in [-0.2, 0) is 0 Å². The van der Waals surface area contributed by atoms with Crippen LogP contribution in [0, 0.1) is 0 Å². The fourth-order valence-corrected chi connectivity index (χ4v) is 3.11. The van der Waals surface area contributed by atoms with Crippen LogP contribution in [0.15, 0.2) is 36.4 Å². The molecule has 0 bridgehead atoms. The Morgan fingerprint density at radius 1 is 1.11 bits per heavy atom. The van der Waals surface area contributed by atoms with Gasteiger partial charge in [0, 0.05) is 18.3 Å². The monoisotopic (exact) mass is 381 g/mol. The van der Waals surface area contributed by atoms with Crippen molar-refractivity contribution in [2.24, 2.45) is 0 Å². The van der Waals surface area contributed by atoms with Crippen molar-refractivity contribution < 1.29 is 14.6 Å². The van der Waals surface area contributed by atoms with Crippen LogP contribution in [0.3, 0.4) is 0 Å². The van der Waals surface area contributed by atoms with Crippen molar-refractivity contribution in [3.8, 4) is 11.5 Å². The molecule has 150 valence electrons. The molecule has 0 atom stereocenters. The smallest absolute Gasteiger partial charge is 0.185 e. The first-order valence-electron chi connectivity index (χ1n) is 9.82. The minimum Gasteiger partial charge on any atom is -0.507 e. The molecule has 0 heterocycles. The number of phenols is 1. The second-order valence-corrected chi connectivity index (χ2v) is 7.41. The van der Waals surface area contributed by atoms with E-state index in [1.807, 2.05) is 46.0 Å². The number of benzene rings is 2. The molecule has 0 spiro atoms. The molecule has 4 nitrogen and oxygen atoms in total. The second kappa shape index (κ2) is 9.45. The molecule has 2 aromatic carbocycles. The number of hydrogen-bond acceptors (Lipinski definition) is 4. The lowest BCUT2D eigenvalue weighted by Crippen LogP contribution is -2.04. The van der Waals surface area contributed by atoms with Crippen LogP contribution in [0.2, 0.25) is 0 Å². The number of nitrogens with one attached hydrogen (secondary N) is 1. The molecule has 28 heavy (non-hydrogen) atoms. The maximum atomic E-state index is 12.6. The Kier molecular flexibility index (Phi) is 7.27. The molecule has 0 amide bonds. The number of aromatic hydroxyl groups is 1. The van der Waals surface area contributed by atoms with E-state index in [4.69, 9.17) is 4.74 Å². The maximum absolute atomic E-state index is 12.6. The second-order valence-electron chi connectivity index (χ2n) is 7.41. The Morgan fingerprint density at radius 3 is 2.21 bits per heavy atom. The van der Waals surface area contributed by atoms with Crippen molar-refractivity contribution in [2.75, 3.05) is 19.0 Å². The first kappa shape index (κ1) is 21.5. The van der Waals surface area contributed by atoms with E-state index in [9.17, 15) is 9.90 Å². The Balaban J connectivity index is 2.51. The number of ketones is 1. The van der Waals surface area contributed by atoms with Gasteiger partial charge in [-0.3, -0.25) is 4.79 Å². The van der Waals surface area contributed by atoms with E-state index in [1.54, 1.807) is 18.2 Å². The zero-order chi connectivity index (χ0) is 20.8. The number of carbonyl (C=O) groups excluding carboxylic acids is 1. The zero-order valence-electron chi connectivity index (χ0n) is 17.7. The fourth-order valence-electron chi connectivity index (χ4n) is 3.11. The van der Waals surface area contributed by atoms with E-state index in [1.165, 1.54) is 6.08 Å². The lowest BCUT2D eigenvalue weighted by molar-refractivity contribution is 0.104. The molecule has 0 fully saturated rings. The Labute approximate surface area is 168 Å². The largest absolute Gasteiger partial charge is 0.507 e. The molecular weight excluding hydrogens is 350 g/mol. The van der Waals surface area contributed by atoms with E-state index < -0.39 is 0 Å². The average molecular weight is 382 g/mol. The van der Waals surface area contributed by atoms with Gasteiger partial charge in [-0.1, -0.05) is 27.7 Å². The molecule has 0 aliphatic heterocycles. The van der Waals surface area contributed by atoms with Gasteiger partial charge in [0.05, 0.1) is 12.2 Å². The third kappa shape index (κ3) is 4.75.